The normalized spacial score (nSPS) is 12.4. The van der Waals surface area contributed by atoms with E-state index in [1.165, 1.54) is 5.56 Å². The summed E-state index contributed by atoms with van der Waals surface area (Å²) in [5, 5.41) is 9.15. The molecule has 16 heavy (non-hydrogen) atoms. The average molecular weight is 261 g/mol. The van der Waals surface area contributed by atoms with Crippen LogP contribution in [0.15, 0.2) is 24.3 Å². The summed E-state index contributed by atoms with van der Waals surface area (Å²) in [6.07, 6.45) is 0.924. The number of aromatic hydroxyl groups is 1. The van der Waals surface area contributed by atoms with E-state index in [0.29, 0.717) is 23.7 Å². The molecule has 6 heteroatoms. The Hall–Kier alpha value is -0.240. The first-order chi connectivity index (χ1) is 7.76. The molecule has 0 aliphatic rings. The molecule has 0 amide bonds. The Morgan fingerprint density at radius 2 is 1.69 bits per heavy atom. The zero-order valence-electron chi connectivity index (χ0n) is 9.43. The standard InChI is InChI=1S/C10H17NO3P2/c1-13-15-11(16-14-2)8-7-9-3-5-10(12)6-4-9/h3-6,12,15-16H,7-8H2,1-2H3. The van der Waals surface area contributed by atoms with Crippen LogP contribution in [0.1, 0.15) is 5.56 Å². The molecule has 0 bridgehead atoms. The van der Waals surface area contributed by atoms with E-state index in [4.69, 9.17) is 14.2 Å². The van der Waals surface area contributed by atoms with Gasteiger partial charge in [-0.3, -0.25) is 0 Å². The maximum atomic E-state index is 9.15. The number of hydrogen-bond donors (Lipinski definition) is 1. The second kappa shape index (κ2) is 7.94. The molecular weight excluding hydrogens is 244 g/mol. The van der Waals surface area contributed by atoms with Gasteiger partial charge in [-0.2, -0.15) is 0 Å². The molecule has 2 atom stereocenters. The van der Waals surface area contributed by atoms with Gasteiger partial charge in [-0.1, -0.05) is 12.1 Å². The highest BCUT2D eigenvalue weighted by Crippen LogP contribution is 2.32. The highest BCUT2D eigenvalue weighted by Gasteiger charge is 2.04. The van der Waals surface area contributed by atoms with Crippen molar-refractivity contribution >= 4 is 17.9 Å². The number of rotatable bonds is 7. The Balaban J connectivity index is 2.38. The van der Waals surface area contributed by atoms with Crippen LogP contribution in [0.5, 0.6) is 5.75 Å². The van der Waals surface area contributed by atoms with E-state index in [1.807, 2.05) is 12.1 Å². The minimum absolute atomic E-state index is 0.304. The number of phenolic OH excluding ortho intramolecular Hbond substituents is 1. The fourth-order valence-corrected chi connectivity index (χ4v) is 2.78. The summed E-state index contributed by atoms with van der Waals surface area (Å²) in [5.74, 6) is 0.304. The summed E-state index contributed by atoms with van der Waals surface area (Å²) in [6.45, 7) is 0.892. The molecule has 0 aliphatic carbocycles. The lowest BCUT2D eigenvalue weighted by Crippen LogP contribution is -2.08. The van der Waals surface area contributed by atoms with Crippen molar-refractivity contribution in [2.24, 2.45) is 0 Å². The third-order valence-electron chi connectivity index (χ3n) is 1.96. The van der Waals surface area contributed by atoms with Crippen molar-refractivity contribution in [2.45, 2.75) is 6.42 Å². The van der Waals surface area contributed by atoms with Gasteiger partial charge in [0.15, 0.2) is 0 Å². The van der Waals surface area contributed by atoms with E-state index in [2.05, 4.69) is 4.44 Å². The van der Waals surface area contributed by atoms with E-state index in [1.54, 1.807) is 26.4 Å². The first-order valence-electron chi connectivity index (χ1n) is 4.89. The molecule has 0 spiro atoms. The number of benzene rings is 1. The fourth-order valence-electron chi connectivity index (χ4n) is 1.23. The van der Waals surface area contributed by atoms with E-state index < -0.39 is 0 Å². The van der Waals surface area contributed by atoms with Crippen molar-refractivity contribution < 1.29 is 14.2 Å². The summed E-state index contributed by atoms with van der Waals surface area (Å²) < 4.78 is 12.3. The lowest BCUT2D eigenvalue weighted by atomic mass is 10.1. The zero-order chi connectivity index (χ0) is 11.8. The predicted molar refractivity (Wildman–Crippen MR) is 69.2 cm³/mol. The second-order valence-electron chi connectivity index (χ2n) is 3.16. The molecule has 1 aromatic carbocycles. The van der Waals surface area contributed by atoms with E-state index >= 15 is 0 Å². The van der Waals surface area contributed by atoms with Gasteiger partial charge in [0.2, 0.25) is 0 Å². The number of hydrogen-bond acceptors (Lipinski definition) is 4. The van der Waals surface area contributed by atoms with Gasteiger partial charge < -0.3 is 14.2 Å². The van der Waals surface area contributed by atoms with Crippen molar-refractivity contribution in [3.63, 3.8) is 0 Å². The molecule has 1 rings (SSSR count). The minimum Gasteiger partial charge on any atom is -0.508 e. The third-order valence-corrected chi connectivity index (χ3v) is 3.76. The Morgan fingerprint density at radius 1 is 1.12 bits per heavy atom. The molecule has 1 N–H and O–H groups in total. The number of nitrogens with zero attached hydrogens (tertiary/aromatic N) is 1. The third kappa shape index (κ3) is 5.20. The Morgan fingerprint density at radius 3 is 2.19 bits per heavy atom. The van der Waals surface area contributed by atoms with Crippen LogP contribution in [0.4, 0.5) is 0 Å². The summed E-state index contributed by atoms with van der Waals surface area (Å²) >= 11 is 0. The monoisotopic (exact) mass is 261 g/mol. The van der Waals surface area contributed by atoms with Crippen LogP contribution in [-0.4, -0.2) is 30.3 Å². The molecule has 0 radical (unpaired) electrons. The first kappa shape index (κ1) is 13.8. The van der Waals surface area contributed by atoms with E-state index in [-0.39, 0.29) is 0 Å². The van der Waals surface area contributed by atoms with Crippen LogP contribution in [0.3, 0.4) is 0 Å². The Kier molecular flexibility index (Phi) is 6.86. The topological polar surface area (TPSA) is 41.9 Å². The number of phenols is 1. The van der Waals surface area contributed by atoms with Crippen molar-refractivity contribution in [1.29, 1.82) is 0 Å². The molecule has 2 unspecified atom stereocenters. The highest BCUT2D eigenvalue weighted by molar-refractivity contribution is 7.46. The first-order valence-corrected chi connectivity index (χ1v) is 6.60. The largest absolute Gasteiger partial charge is 0.508 e. The lowest BCUT2D eigenvalue weighted by Gasteiger charge is -2.18. The van der Waals surface area contributed by atoms with Crippen LogP contribution >= 0.6 is 17.9 Å². The molecule has 0 saturated carbocycles. The Bertz CT molecular complexity index is 289. The van der Waals surface area contributed by atoms with Crippen LogP contribution in [0.2, 0.25) is 0 Å². The molecule has 4 nitrogen and oxygen atoms in total. The summed E-state index contributed by atoms with van der Waals surface area (Å²) in [5.41, 5.74) is 1.20. The minimum atomic E-state index is 0.304. The Labute approximate surface area is 99.8 Å². The highest BCUT2D eigenvalue weighted by atomic mass is 31.2. The molecule has 0 aliphatic heterocycles. The maximum Gasteiger partial charge on any atom is 0.115 e. The molecule has 0 heterocycles. The van der Waals surface area contributed by atoms with Crippen LogP contribution in [-0.2, 0) is 15.5 Å². The van der Waals surface area contributed by atoms with Gasteiger partial charge in [0.25, 0.3) is 0 Å². The fraction of sp³-hybridized carbons (Fsp3) is 0.400. The van der Waals surface area contributed by atoms with Crippen LogP contribution in [0, 0.1) is 0 Å². The van der Waals surface area contributed by atoms with Gasteiger partial charge in [-0.05, 0) is 24.1 Å². The van der Waals surface area contributed by atoms with E-state index in [0.717, 1.165) is 13.0 Å². The van der Waals surface area contributed by atoms with E-state index in [9.17, 15) is 0 Å². The quantitative estimate of drug-likeness (QED) is 0.766. The van der Waals surface area contributed by atoms with Gasteiger partial charge >= 0.3 is 0 Å². The predicted octanol–water partition coefficient (Wildman–Crippen LogP) is 2.55. The summed E-state index contributed by atoms with van der Waals surface area (Å²) in [6, 6.07) is 7.27. The molecule has 0 fully saturated rings. The van der Waals surface area contributed by atoms with Crippen molar-refractivity contribution in [3.05, 3.63) is 29.8 Å². The smallest absolute Gasteiger partial charge is 0.115 e. The van der Waals surface area contributed by atoms with Gasteiger partial charge in [0.1, 0.15) is 5.75 Å². The molecular formula is C10H17NO3P2. The zero-order valence-corrected chi connectivity index (χ0v) is 11.4. The summed E-state index contributed by atoms with van der Waals surface area (Å²) in [4.78, 5) is 0. The second-order valence-corrected chi connectivity index (χ2v) is 5.87. The molecule has 0 aromatic heterocycles. The van der Waals surface area contributed by atoms with Crippen molar-refractivity contribution in [3.8, 4) is 5.75 Å². The molecule has 90 valence electrons. The SMILES string of the molecule is COPN(CCc1ccc(O)cc1)POC. The lowest BCUT2D eigenvalue weighted by molar-refractivity contribution is 0.417. The van der Waals surface area contributed by atoms with Gasteiger partial charge in [-0.15, -0.1) is 0 Å². The van der Waals surface area contributed by atoms with Crippen molar-refractivity contribution in [2.75, 3.05) is 20.8 Å². The molecule has 0 saturated heterocycles. The van der Waals surface area contributed by atoms with Crippen LogP contribution in [0.25, 0.3) is 0 Å². The average Bonchev–Trinajstić information content (AvgIpc) is 2.29. The van der Waals surface area contributed by atoms with Crippen LogP contribution < -0.4 is 0 Å². The maximum absolute atomic E-state index is 9.15. The molecule has 1 aromatic rings. The van der Waals surface area contributed by atoms with Gasteiger partial charge in [-0.25, -0.2) is 4.44 Å². The van der Waals surface area contributed by atoms with Gasteiger partial charge in [0.05, 0.1) is 17.9 Å². The summed E-state index contributed by atoms with van der Waals surface area (Å²) in [7, 11) is 4.04. The van der Waals surface area contributed by atoms with Crippen molar-refractivity contribution in [1.82, 2.24) is 4.44 Å². The van der Waals surface area contributed by atoms with Gasteiger partial charge in [0, 0.05) is 20.8 Å².